The molecule has 1 aromatic carbocycles. The number of hydrogen-bond acceptors (Lipinski definition) is 4. The van der Waals surface area contributed by atoms with E-state index in [1.54, 1.807) is 13.2 Å². The molecule has 0 aliphatic heterocycles. The summed E-state index contributed by atoms with van der Waals surface area (Å²) in [5.74, 6) is 0.520. The van der Waals surface area contributed by atoms with E-state index in [4.69, 9.17) is 16.3 Å². The van der Waals surface area contributed by atoms with Gasteiger partial charge in [0.05, 0.1) is 12.8 Å². The number of carbonyl (C=O) groups is 1. The molecule has 0 unspecified atom stereocenters. The quantitative estimate of drug-likeness (QED) is 0.722. The highest BCUT2D eigenvalue weighted by molar-refractivity contribution is 6.31. The molecule has 0 radical (unpaired) electrons. The molecule has 6 heteroatoms. The van der Waals surface area contributed by atoms with Gasteiger partial charge in [-0.15, -0.1) is 0 Å². The maximum atomic E-state index is 11.9. The first-order valence-corrected chi connectivity index (χ1v) is 7.31. The second kappa shape index (κ2) is 8.87. The molecule has 1 rings (SSSR count). The predicted molar refractivity (Wildman–Crippen MR) is 87.4 cm³/mol. The standard InChI is InChI=1S/C15H24ClN3O2/c1-11-9-13(14(21-4)10-12(11)16)18-15(20)5-6-17-7-8-19(2)3/h9-10,17H,5-8H2,1-4H3,(H,18,20). The summed E-state index contributed by atoms with van der Waals surface area (Å²) in [5, 5.41) is 6.70. The number of nitrogens with one attached hydrogen (secondary N) is 2. The fourth-order valence-corrected chi connectivity index (χ4v) is 1.93. The van der Waals surface area contributed by atoms with E-state index in [-0.39, 0.29) is 5.91 Å². The molecule has 0 fully saturated rings. The van der Waals surface area contributed by atoms with Gasteiger partial charge >= 0.3 is 0 Å². The van der Waals surface area contributed by atoms with Crippen LogP contribution in [0.4, 0.5) is 5.69 Å². The molecular formula is C15H24ClN3O2. The fraction of sp³-hybridized carbons (Fsp3) is 0.533. The molecule has 0 saturated heterocycles. The lowest BCUT2D eigenvalue weighted by Crippen LogP contribution is -2.29. The first kappa shape index (κ1) is 17.8. The van der Waals surface area contributed by atoms with E-state index in [2.05, 4.69) is 15.5 Å². The van der Waals surface area contributed by atoms with Gasteiger partial charge in [0, 0.05) is 37.1 Å². The number of carbonyl (C=O) groups excluding carboxylic acids is 1. The van der Waals surface area contributed by atoms with Crippen LogP contribution in [0.2, 0.25) is 5.02 Å². The number of hydrogen-bond donors (Lipinski definition) is 2. The number of anilines is 1. The third kappa shape index (κ3) is 6.33. The summed E-state index contributed by atoms with van der Waals surface area (Å²) in [5.41, 5.74) is 1.55. The van der Waals surface area contributed by atoms with Gasteiger partial charge in [-0.2, -0.15) is 0 Å². The van der Waals surface area contributed by atoms with Crippen LogP contribution < -0.4 is 15.4 Å². The molecule has 118 valence electrons. The van der Waals surface area contributed by atoms with E-state index in [9.17, 15) is 4.79 Å². The van der Waals surface area contributed by atoms with Gasteiger partial charge in [-0.1, -0.05) is 11.6 Å². The Balaban J connectivity index is 2.46. The van der Waals surface area contributed by atoms with Crippen LogP contribution >= 0.6 is 11.6 Å². The summed E-state index contributed by atoms with van der Waals surface area (Å²) in [6.07, 6.45) is 0.415. The van der Waals surface area contributed by atoms with Crippen molar-refractivity contribution in [2.24, 2.45) is 0 Å². The minimum absolute atomic E-state index is 0.0487. The van der Waals surface area contributed by atoms with Crippen molar-refractivity contribution < 1.29 is 9.53 Å². The lowest BCUT2D eigenvalue weighted by atomic mass is 10.2. The van der Waals surface area contributed by atoms with Crippen LogP contribution in [0, 0.1) is 6.92 Å². The molecule has 0 atom stereocenters. The van der Waals surface area contributed by atoms with E-state index in [0.29, 0.717) is 29.4 Å². The number of aryl methyl sites for hydroxylation is 1. The molecule has 0 heterocycles. The number of likely N-dealkylation sites (N-methyl/N-ethyl adjacent to an activating group) is 1. The van der Waals surface area contributed by atoms with Crippen molar-refractivity contribution in [2.75, 3.05) is 46.2 Å². The van der Waals surface area contributed by atoms with E-state index in [1.807, 2.05) is 27.1 Å². The third-order valence-corrected chi connectivity index (χ3v) is 3.43. The summed E-state index contributed by atoms with van der Waals surface area (Å²) in [6, 6.07) is 3.53. The van der Waals surface area contributed by atoms with Crippen molar-refractivity contribution in [3.63, 3.8) is 0 Å². The summed E-state index contributed by atoms with van der Waals surface area (Å²) >= 11 is 6.04. The highest BCUT2D eigenvalue weighted by atomic mass is 35.5. The maximum absolute atomic E-state index is 11.9. The monoisotopic (exact) mass is 313 g/mol. The summed E-state index contributed by atoms with van der Waals surface area (Å²) in [4.78, 5) is 14.0. The molecule has 0 spiro atoms. The van der Waals surface area contributed by atoms with E-state index >= 15 is 0 Å². The summed E-state index contributed by atoms with van der Waals surface area (Å²) in [7, 11) is 5.59. The fourth-order valence-electron chi connectivity index (χ4n) is 1.77. The molecule has 5 nitrogen and oxygen atoms in total. The smallest absolute Gasteiger partial charge is 0.225 e. The summed E-state index contributed by atoms with van der Waals surface area (Å²) < 4.78 is 5.23. The average Bonchev–Trinajstić information content (AvgIpc) is 2.41. The van der Waals surface area contributed by atoms with Gasteiger partial charge in [0.1, 0.15) is 5.75 Å². The Morgan fingerprint density at radius 3 is 2.67 bits per heavy atom. The van der Waals surface area contributed by atoms with Crippen molar-refractivity contribution in [3.05, 3.63) is 22.7 Å². The molecule has 0 aliphatic carbocycles. The Kier molecular flexibility index (Phi) is 7.50. The SMILES string of the molecule is COc1cc(Cl)c(C)cc1NC(=O)CCNCCN(C)C. The zero-order valence-electron chi connectivity index (χ0n) is 13.1. The predicted octanol–water partition coefficient (Wildman–Crippen LogP) is 2.14. The van der Waals surface area contributed by atoms with Crippen molar-refractivity contribution >= 4 is 23.2 Å². The Bertz CT molecular complexity index is 478. The number of rotatable bonds is 8. The van der Waals surface area contributed by atoms with Crippen LogP contribution in [0.1, 0.15) is 12.0 Å². The summed E-state index contributed by atoms with van der Waals surface area (Å²) in [6.45, 7) is 4.35. The molecule has 1 aromatic rings. The normalized spacial score (nSPS) is 10.8. The topological polar surface area (TPSA) is 53.6 Å². The van der Waals surface area contributed by atoms with Gasteiger partial charge < -0.3 is 20.3 Å². The van der Waals surface area contributed by atoms with E-state index in [0.717, 1.165) is 18.7 Å². The van der Waals surface area contributed by atoms with Crippen molar-refractivity contribution in [2.45, 2.75) is 13.3 Å². The lowest BCUT2D eigenvalue weighted by Gasteiger charge is -2.13. The highest BCUT2D eigenvalue weighted by Crippen LogP contribution is 2.30. The molecule has 21 heavy (non-hydrogen) atoms. The Morgan fingerprint density at radius 1 is 1.33 bits per heavy atom. The van der Waals surface area contributed by atoms with Crippen LogP contribution in [-0.2, 0) is 4.79 Å². The second-order valence-corrected chi connectivity index (χ2v) is 5.56. The van der Waals surface area contributed by atoms with Gasteiger partial charge in [-0.25, -0.2) is 0 Å². The Morgan fingerprint density at radius 2 is 2.05 bits per heavy atom. The third-order valence-electron chi connectivity index (χ3n) is 3.02. The van der Waals surface area contributed by atoms with Gasteiger partial charge in [-0.05, 0) is 32.6 Å². The lowest BCUT2D eigenvalue weighted by molar-refractivity contribution is -0.116. The molecule has 2 N–H and O–H groups in total. The molecule has 0 aromatic heterocycles. The zero-order valence-corrected chi connectivity index (χ0v) is 13.9. The van der Waals surface area contributed by atoms with Gasteiger partial charge in [-0.3, -0.25) is 4.79 Å². The second-order valence-electron chi connectivity index (χ2n) is 5.15. The van der Waals surface area contributed by atoms with Gasteiger partial charge in [0.2, 0.25) is 5.91 Å². The highest BCUT2D eigenvalue weighted by Gasteiger charge is 2.10. The number of ether oxygens (including phenoxy) is 1. The van der Waals surface area contributed by atoms with E-state index in [1.165, 1.54) is 0 Å². The molecule has 1 amide bonds. The Hall–Kier alpha value is -1.30. The number of nitrogens with zero attached hydrogens (tertiary/aromatic N) is 1. The maximum Gasteiger partial charge on any atom is 0.225 e. The molecule has 0 aliphatic rings. The number of halogens is 1. The van der Waals surface area contributed by atoms with Gasteiger partial charge in [0.25, 0.3) is 0 Å². The largest absolute Gasteiger partial charge is 0.495 e. The van der Waals surface area contributed by atoms with Crippen LogP contribution in [0.5, 0.6) is 5.75 Å². The van der Waals surface area contributed by atoms with Crippen LogP contribution in [0.3, 0.4) is 0 Å². The van der Waals surface area contributed by atoms with Gasteiger partial charge in [0.15, 0.2) is 0 Å². The molecule has 0 bridgehead atoms. The first-order chi connectivity index (χ1) is 9.93. The minimum atomic E-state index is -0.0487. The number of methoxy groups -OCH3 is 1. The van der Waals surface area contributed by atoms with E-state index < -0.39 is 0 Å². The zero-order chi connectivity index (χ0) is 15.8. The average molecular weight is 314 g/mol. The van der Waals surface area contributed by atoms with Crippen LogP contribution in [-0.4, -0.2) is 51.6 Å². The van der Waals surface area contributed by atoms with Crippen LogP contribution in [0.15, 0.2) is 12.1 Å². The molecular weight excluding hydrogens is 290 g/mol. The Labute approximate surface area is 131 Å². The van der Waals surface area contributed by atoms with Crippen molar-refractivity contribution in [3.8, 4) is 5.75 Å². The number of amides is 1. The minimum Gasteiger partial charge on any atom is -0.495 e. The first-order valence-electron chi connectivity index (χ1n) is 6.93. The molecule has 0 saturated carbocycles. The van der Waals surface area contributed by atoms with Crippen molar-refractivity contribution in [1.82, 2.24) is 10.2 Å². The number of benzene rings is 1. The van der Waals surface area contributed by atoms with Crippen molar-refractivity contribution in [1.29, 1.82) is 0 Å². The van der Waals surface area contributed by atoms with Crippen LogP contribution in [0.25, 0.3) is 0 Å².